The molecule has 0 spiro atoms. The third-order valence-corrected chi connectivity index (χ3v) is 6.00. The van der Waals surface area contributed by atoms with Crippen LogP contribution in [0.3, 0.4) is 0 Å². The molecule has 4 rings (SSSR count). The lowest BCUT2D eigenvalue weighted by molar-refractivity contribution is -0.120. The average Bonchev–Trinajstić information content (AvgIpc) is 3.32. The normalized spacial score (nSPS) is 13.9. The van der Waals surface area contributed by atoms with Crippen LogP contribution in [0.1, 0.15) is 16.0 Å². The Bertz CT molecular complexity index is 1160. The first-order valence-corrected chi connectivity index (χ1v) is 10.5. The second kappa shape index (κ2) is 7.80. The predicted octanol–water partition coefficient (Wildman–Crippen LogP) is 4.83. The van der Waals surface area contributed by atoms with Gasteiger partial charge in [0, 0.05) is 30.3 Å². The van der Waals surface area contributed by atoms with Gasteiger partial charge in [-0.1, -0.05) is 24.3 Å². The Morgan fingerprint density at radius 1 is 0.933 bits per heavy atom. The minimum atomic E-state index is -0.347. The van der Waals surface area contributed by atoms with Gasteiger partial charge in [-0.15, -0.1) is 11.3 Å². The van der Waals surface area contributed by atoms with Gasteiger partial charge in [0.15, 0.2) is 0 Å². The topological polar surface area (TPSA) is 52.7 Å². The van der Waals surface area contributed by atoms with Crippen molar-refractivity contribution in [3.8, 4) is 0 Å². The van der Waals surface area contributed by atoms with Gasteiger partial charge in [-0.2, -0.15) is 0 Å². The number of nitrogens with one attached hydrogen (secondary N) is 1. The Kier molecular flexibility index (Phi) is 5.18. The highest BCUT2D eigenvalue weighted by Crippen LogP contribution is 2.36. The molecule has 3 aromatic rings. The third kappa shape index (κ3) is 3.50. The van der Waals surface area contributed by atoms with Gasteiger partial charge in [0.25, 0.3) is 11.8 Å². The van der Waals surface area contributed by atoms with Crippen LogP contribution < -0.4 is 15.1 Å². The second-order valence-corrected chi connectivity index (χ2v) is 8.48. The first kappa shape index (κ1) is 19.9. The van der Waals surface area contributed by atoms with Gasteiger partial charge in [0.1, 0.15) is 5.70 Å². The van der Waals surface area contributed by atoms with Crippen LogP contribution >= 0.6 is 11.3 Å². The molecule has 1 aliphatic rings. The van der Waals surface area contributed by atoms with Gasteiger partial charge in [0.2, 0.25) is 0 Å². The van der Waals surface area contributed by atoms with Gasteiger partial charge < -0.3 is 10.2 Å². The fraction of sp³-hybridized carbons (Fsp3) is 0.167. The molecule has 2 amide bonds. The molecule has 0 saturated heterocycles. The summed E-state index contributed by atoms with van der Waals surface area (Å²) < 4.78 is 0. The average molecular weight is 418 g/mol. The second-order valence-electron chi connectivity index (χ2n) is 7.53. The molecule has 2 heterocycles. The lowest BCUT2D eigenvalue weighted by Gasteiger charge is -2.19. The van der Waals surface area contributed by atoms with E-state index in [2.05, 4.69) is 5.32 Å². The maximum absolute atomic E-state index is 13.5. The van der Waals surface area contributed by atoms with E-state index in [1.807, 2.05) is 86.8 Å². The van der Waals surface area contributed by atoms with E-state index >= 15 is 0 Å². The first-order valence-electron chi connectivity index (χ1n) is 9.65. The fourth-order valence-electron chi connectivity index (χ4n) is 3.45. The van der Waals surface area contributed by atoms with Crippen LogP contribution in [0.2, 0.25) is 0 Å². The maximum atomic E-state index is 13.5. The highest BCUT2D eigenvalue weighted by Gasteiger charge is 2.41. The molecule has 2 aromatic carbocycles. The molecule has 1 N–H and O–H groups in total. The van der Waals surface area contributed by atoms with E-state index in [0.717, 1.165) is 27.4 Å². The number of benzene rings is 2. The van der Waals surface area contributed by atoms with E-state index in [0.29, 0.717) is 17.0 Å². The van der Waals surface area contributed by atoms with E-state index in [-0.39, 0.29) is 11.8 Å². The number of amides is 2. The SMILES string of the molecule is Cc1ccc(C)c(NC2=C(c3cccs3)C(=O)N(c3cccc(N(C)C)c3)C2=O)c1. The Labute approximate surface area is 180 Å². The Hall–Kier alpha value is -3.38. The number of hydrogen-bond acceptors (Lipinski definition) is 5. The van der Waals surface area contributed by atoms with E-state index < -0.39 is 0 Å². The zero-order valence-electron chi connectivity index (χ0n) is 17.4. The van der Waals surface area contributed by atoms with Crippen molar-refractivity contribution in [1.29, 1.82) is 0 Å². The molecule has 0 fully saturated rings. The summed E-state index contributed by atoms with van der Waals surface area (Å²) in [6.07, 6.45) is 0. The summed E-state index contributed by atoms with van der Waals surface area (Å²) >= 11 is 1.45. The summed E-state index contributed by atoms with van der Waals surface area (Å²) in [6, 6.07) is 17.2. The molecular weight excluding hydrogens is 394 g/mol. The number of carbonyl (C=O) groups is 2. The fourth-order valence-corrected chi connectivity index (χ4v) is 4.21. The van der Waals surface area contributed by atoms with E-state index in [1.54, 1.807) is 6.07 Å². The summed E-state index contributed by atoms with van der Waals surface area (Å²) in [5.41, 5.74) is 5.10. The standard InChI is InChI=1S/C24H23N3O2S/c1-15-10-11-16(2)19(13-15)25-22-21(20-9-6-12-30-20)23(28)27(24(22)29)18-8-5-7-17(14-18)26(3)4/h5-14,25H,1-4H3. The molecule has 1 aromatic heterocycles. The number of rotatable bonds is 5. The van der Waals surface area contributed by atoms with Crippen LogP contribution in [0.4, 0.5) is 17.1 Å². The highest BCUT2D eigenvalue weighted by atomic mass is 32.1. The van der Waals surface area contributed by atoms with Gasteiger partial charge in [0.05, 0.1) is 11.3 Å². The van der Waals surface area contributed by atoms with Crippen molar-refractivity contribution in [2.75, 3.05) is 29.2 Å². The van der Waals surface area contributed by atoms with Gasteiger partial charge in [-0.3, -0.25) is 9.59 Å². The number of hydrogen-bond donors (Lipinski definition) is 1. The van der Waals surface area contributed by atoms with Gasteiger partial charge >= 0.3 is 0 Å². The molecule has 5 nitrogen and oxygen atoms in total. The first-order chi connectivity index (χ1) is 14.4. The lowest BCUT2D eigenvalue weighted by atomic mass is 10.1. The maximum Gasteiger partial charge on any atom is 0.282 e. The third-order valence-electron chi connectivity index (χ3n) is 5.11. The number of imide groups is 1. The molecule has 0 radical (unpaired) electrons. The summed E-state index contributed by atoms with van der Waals surface area (Å²) in [5.74, 6) is -0.661. The van der Waals surface area contributed by atoms with Gasteiger partial charge in [-0.25, -0.2) is 4.90 Å². The van der Waals surface area contributed by atoms with Crippen molar-refractivity contribution in [1.82, 2.24) is 0 Å². The summed E-state index contributed by atoms with van der Waals surface area (Å²) in [7, 11) is 3.85. The van der Waals surface area contributed by atoms with Crippen LogP contribution in [0.5, 0.6) is 0 Å². The largest absolute Gasteiger partial charge is 0.378 e. The highest BCUT2D eigenvalue weighted by molar-refractivity contribution is 7.11. The summed E-state index contributed by atoms with van der Waals surface area (Å²) in [6.45, 7) is 3.98. The minimum Gasteiger partial charge on any atom is -0.378 e. The summed E-state index contributed by atoms with van der Waals surface area (Å²) in [4.78, 5) is 30.9. The van der Waals surface area contributed by atoms with Gasteiger partial charge in [-0.05, 0) is 60.7 Å². The molecule has 6 heteroatoms. The minimum absolute atomic E-state index is 0.311. The molecule has 30 heavy (non-hydrogen) atoms. The number of aryl methyl sites for hydroxylation is 2. The molecule has 1 aliphatic heterocycles. The number of nitrogens with zero attached hydrogens (tertiary/aromatic N) is 2. The van der Waals surface area contributed by atoms with Crippen molar-refractivity contribution in [2.24, 2.45) is 0 Å². The van der Waals surface area contributed by atoms with Crippen LogP contribution in [0.25, 0.3) is 5.57 Å². The van der Waals surface area contributed by atoms with Crippen molar-refractivity contribution in [3.05, 3.63) is 81.7 Å². The monoisotopic (exact) mass is 417 g/mol. The molecule has 0 unspecified atom stereocenters. The summed E-state index contributed by atoms with van der Waals surface area (Å²) in [5, 5.41) is 5.18. The molecule has 0 saturated carbocycles. The van der Waals surface area contributed by atoms with Crippen LogP contribution in [0.15, 0.2) is 65.7 Å². The number of thiophene rings is 1. The molecule has 0 bridgehead atoms. The smallest absolute Gasteiger partial charge is 0.282 e. The van der Waals surface area contributed by atoms with E-state index in [1.165, 1.54) is 16.2 Å². The zero-order valence-corrected chi connectivity index (χ0v) is 18.2. The molecule has 152 valence electrons. The predicted molar refractivity (Wildman–Crippen MR) is 124 cm³/mol. The van der Waals surface area contributed by atoms with Crippen molar-refractivity contribution in [3.63, 3.8) is 0 Å². The Morgan fingerprint density at radius 3 is 2.43 bits per heavy atom. The van der Waals surface area contributed by atoms with E-state index in [4.69, 9.17) is 0 Å². The zero-order chi connectivity index (χ0) is 21.4. The Balaban J connectivity index is 1.81. The molecular formula is C24H23N3O2S. The quantitative estimate of drug-likeness (QED) is 0.605. The molecule has 0 aliphatic carbocycles. The van der Waals surface area contributed by atoms with Crippen LogP contribution in [0, 0.1) is 13.8 Å². The Morgan fingerprint density at radius 2 is 1.73 bits per heavy atom. The molecule has 0 atom stereocenters. The van der Waals surface area contributed by atoms with Crippen molar-refractivity contribution < 1.29 is 9.59 Å². The van der Waals surface area contributed by atoms with Crippen LogP contribution in [-0.2, 0) is 9.59 Å². The van der Waals surface area contributed by atoms with Crippen molar-refractivity contribution >= 4 is 45.8 Å². The number of carbonyl (C=O) groups excluding carboxylic acids is 2. The van der Waals surface area contributed by atoms with E-state index in [9.17, 15) is 9.59 Å². The number of anilines is 3. The van der Waals surface area contributed by atoms with Crippen LogP contribution in [-0.4, -0.2) is 25.9 Å². The van der Waals surface area contributed by atoms with Crippen molar-refractivity contribution in [2.45, 2.75) is 13.8 Å². The lowest BCUT2D eigenvalue weighted by Crippen LogP contribution is -2.32.